The minimum absolute atomic E-state index is 0.207. The SMILES string of the molecule is CC1=C[C@@H](C)C2(COC3(CCCC3)OC2)[C@H](C)C1. The van der Waals surface area contributed by atoms with Crippen LogP contribution in [0.3, 0.4) is 0 Å². The molecule has 2 atom stereocenters. The Bertz CT molecular complexity index is 342. The normalized spacial score (nSPS) is 38.1. The summed E-state index contributed by atoms with van der Waals surface area (Å²) in [4.78, 5) is 0. The van der Waals surface area contributed by atoms with Crippen LogP contribution in [0.15, 0.2) is 11.6 Å². The number of hydrogen-bond donors (Lipinski definition) is 0. The van der Waals surface area contributed by atoms with Crippen molar-refractivity contribution in [1.82, 2.24) is 0 Å². The molecule has 3 rings (SSSR count). The second-order valence-electron chi connectivity index (χ2n) is 6.84. The first kappa shape index (κ1) is 12.7. The maximum Gasteiger partial charge on any atom is 0.168 e. The van der Waals surface area contributed by atoms with Crippen LogP contribution in [0.2, 0.25) is 0 Å². The summed E-state index contributed by atoms with van der Waals surface area (Å²) in [5.74, 6) is 1.03. The van der Waals surface area contributed by atoms with Crippen LogP contribution < -0.4 is 0 Å². The zero-order chi connectivity index (χ0) is 12.8. The summed E-state index contributed by atoms with van der Waals surface area (Å²) < 4.78 is 12.5. The Balaban J connectivity index is 1.77. The van der Waals surface area contributed by atoms with Crippen molar-refractivity contribution in [2.24, 2.45) is 17.3 Å². The Labute approximate surface area is 111 Å². The zero-order valence-electron chi connectivity index (χ0n) is 12.0. The Hall–Kier alpha value is -0.340. The van der Waals surface area contributed by atoms with Gasteiger partial charge < -0.3 is 9.47 Å². The smallest absolute Gasteiger partial charge is 0.168 e. The summed E-state index contributed by atoms with van der Waals surface area (Å²) in [5, 5.41) is 0. The third kappa shape index (κ3) is 1.85. The molecule has 0 aromatic heterocycles. The van der Waals surface area contributed by atoms with Gasteiger partial charge in [0.15, 0.2) is 5.79 Å². The van der Waals surface area contributed by atoms with Crippen LogP contribution in [0, 0.1) is 17.3 Å². The second kappa shape index (κ2) is 4.35. The van der Waals surface area contributed by atoms with E-state index in [-0.39, 0.29) is 11.2 Å². The van der Waals surface area contributed by atoms with Crippen molar-refractivity contribution in [2.75, 3.05) is 13.2 Å². The number of allylic oxidation sites excluding steroid dienone is 2. The molecule has 2 aliphatic carbocycles. The fourth-order valence-electron chi connectivity index (χ4n) is 4.16. The van der Waals surface area contributed by atoms with Crippen molar-refractivity contribution >= 4 is 0 Å². The summed E-state index contributed by atoms with van der Waals surface area (Å²) >= 11 is 0. The van der Waals surface area contributed by atoms with Gasteiger partial charge >= 0.3 is 0 Å². The number of rotatable bonds is 0. The van der Waals surface area contributed by atoms with Crippen LogP contribution in [0.1, 0.15) is 52.9 Å². The van der Waals surface area contributed by atoms with E-state index >= 15 is 0 Å². The molecule has 2 nitrogen and oxygen atoms in total. The van der Waals surface area contributed by atoms with Gasteiger partial charge in [-0.1, -0.05) is 25.5 Å². The van der Waals surface area contributed by atoms with Gasteiger partial charge in [-0.15, -0.1) is 0 Å². The monoisotopic (exact) mass is 250 g/mol. The van der Waals surface area contributed by atoms with E-state index in [1.165, 1.54) is 24.8 Å². The highest BCUT2D eigenvalue weighted by molar-refractivity contribution is 5.14. The maximum absolute atomic E-state index is 6.24. The molecule has 0 radical (unpaired) electrons. The van der Waals surface area contributed by atoms with E-state index < -0.39 is 0 Å². The zero-order valence-corrected chi connectivity index (χ0v) is 12.0. The average Bonchev–Trinajstić information content (AvgIpc) is 2.77. The van der Waals surface area contributed by atoms with Gasteiger partial charge in [0.2, 0.25) is 0 Å². The van der Waals surface area contributed by atoms with E-state index in [1.807, 2.05) is 0 Å². The van der Waals surface area contributed by atoms with Crippen LogP contribution >= 0.6 is 0 Å². The Morgan fingerprint density at radius 2 is 1.72 bits per heavy atom. The molecule has 102 valence electrons. The molecular formula is C16H26O2. The van der Waals surface area contributed by atoms with Gasteiger partial charge in [-0.2, -0.15) is 0 Å². The molecule has 1 saturated carbocycles. The van der Waals surface area contributed by atoms with Crippen LogP contribution in [0.5, 0.6) is 0 Å². The Morgan fingerprint density at radius 1 is 1.11 bits per heavy atom. The first-order chi connectivity index (χ1) is 8.56. The molecule has 0 bridgehead atoms. The van der Waals surface area contributed by atoms with Gasteiger partial charge in [0, 0.05) is 18.3 Å². The van der Waals surface area contributed by atoms with Crippen molar-refractivity contribution in [3.05, 3.63) is 11.6 Å². The summed E-state index contributed by atoms with van der Waals surface area (Å²) in [6, 6.07) is 0. The van der Waals surface area contributed by atoms with Gasteiger partial charge in [-0.05, 0) is 38.0 Å². The molecule has 1 aliphatic heterocycles. The number of hydrogen-bond acceptors (Lipinski definition) is 2. The Kier molecular flexibility index (Phi) is 3.06. The quantitative estimate of drug-likeness (QED) is 0.607. The predicted octanol–water partition coefficient (Wildman–Crippen LogP) is 3.91. The molecule has 0 amide bonds. The number of ether oxygens (including phenoxy) is 2. The van der Waals surface area contributed by atoms with Crippen molar-refractivity contribution in [1.29, 1.82) is 0 Å². The highest BCUT2D eigenvalue weighted by atomic mass is 16.7. The van der Waals surface area contributed by atoms with Gasteiger partial charge in [0.05, 0.1) is 13.2 Å². The molecule has 0 N–H and O–H groups in total. The van der Waals surface area contributed by atoms with E-state index in [1.54, 1.807) is 0 Å². The molecular weight excluding hydrogens is 224 g/mol. The van der Waals surface area contributed by atoms with Crippen molar-refractivity contribution in [3.63, 3.8) is 0 Å². The summed E-state index contributed by atoms with van der Waals surface area (Å²) in [6.45, 7) is 8.73. The fraction of sp³-hybridized carbons (Fsp3) is 0.875. The molecule has 2 fully saturated rings. The van der Waals surface area contributed by atoms with Crippen LogP contribution in [-0.2, 0) is 9.47 Å². The lowest BCUT2D eigenvalue weighted by atomic mass is 9.63. The third-order valence-electron chi connectivity index (χ3n) is 5.62. The van der Waals surface area contributed by atoms with Crippen molar-refractivity contribution in [3.8, 4) is 0 Å². The lowest BCUT2D eigenvalue weighted by Gasteiger charge is -2.52. The minimum Gasteiger partial charge on any atom is -0.349 e. The van der Waals surface area contributed by atoms with Gasteiger partial charge in [-0.25, -0.2) is 0 Å². The van der Waals surface area contributed by atoms with Crippen LogP contribution in [-0.4, -0.2) is 19.0 Å². The summed E-state index contributed by atoms with van der Waals surface area (Å²) in [7, 11) is 0. The van der Waals surface area contributed by atoms with E-state index in [2.05, 4.69) is 26.8 Å². The molecule has 2 heteroatoms. The molecule has 18 heavy (non-hydrogen) atoms. The Morgan fingerprint density at radius 3 is 2.28 bits per heavy atom. The van der Waals surface area contributed by atoms with Gasteiger partial charge in [-0.3, -0.25) is 0 Å². The lowest BCUT2D eigenvalue weighted by molar-refractivity contribution is -0.314. The molecule has 3 aliphatic rings. The molecule has 2 spiro atoms. The molecule has 0 aromatic rings. The first-order valence-corrected chi connectivity index (χ1v) is 7.52. The molecule has 0 aromatic carbocycles. The fourth-order valence-corrected chi connectivity index (χ4v) is 4.16. The van der Waals surface area contributed by atoms with Gasteiger partial charge in [0.1, 0.15) is 0 Å². The highest BCUT2D eigenvalue weighted by Gasteiger charge is 2.51. The summed E-state index contributed by atoms with van der Waals surface area (Å²) in [6.07, 6.45) is 8.35. The van der Waals surface area contributed by atoms with E-state index in [0.29, 0.717) is 11.8 Å². The van der Waals surface area contributed by atoms with Crippen LogP contribution in [0.4, 0.5) is 0 Å². The molecule has 1 heterocycles. The molecule has 1 saturated heterocycles. The minimum atomic E-state index is -0.207. The van der Waals surface area contributed by atoms with Crippen LogP contribution in [0.25, 0.3) is 0 Å². The maximum atomic E-state index is 6.24. The van der Waals surface area contributed by atoms with E-state index in [4.69, 9.17) is 9.47 Å². The van der Waals surface area contributed by atoms with Crippen molar-refractivity contribution < 1.29 is 9.47 Å². The lowest BCUT2D eigenvalue weighted by Crippen LogP contribution is -2.54. The standard InChI is InChI=1S/C16H26O2/c1-12-8-13(2)15(14(3)9-12)10-17-16(18-11-15)6-4-5-7-16/h8,13-14H,4-7,9-11H2,1-3H3/t13-,14-/m1/s1. The largest absolute Gasteiger partial charge is 0.349 e. The average molecular weight is 250 g/mol. The summed E-state index contributed by atoms with van der Waals surface area (Å²) in [5.41, 5.74) is 1.75. The second-order valence-corrected chi connectivity index (χ2v) is 6.84. The van der Waals surface area contributed by atoms with E-state index in [0.717, 1.165) is 26.1 Å². The predicted molar refractivity (Wildman–Crippen MR) is 72.2 cm³/mol. The highest BCUT2D eigenvalue weighted by Crippen LogP contribution is 2.50. The topological polar surface area (TPSA) is 18.5 Å². The van der Waals surface area contributed by atoms with E-state index in [9.17, 15) is 0 Å². The third-order valence-corrected chi connectivity index (χ3v) is 5.62. The first-order valence-electron chi connectivity index (χ1n) is 7.52. The van der Waals surface area contributed by atoms with Gasteiger partial charge in [0.25, 0.3) is 0 Å². The van der Waals surface area contributed by atoms with Crippen molar-refractivity contribution in [2.45, 2.75) is 58.7 Å². The molecule has 0 unspecified atom stereocenters.